The Morgan fingerprint density at radius 3 is 2.59 bits per heavy atom. The van der Waals surface area contributed by atoms with Crippen molar-refractivity contribution in [2.75, 3.05) is 10.2 Å². The minimum Gasteiger partial charge on any atom is -0.357 e. The number of ketones is 1. The maximum absolute atomic E-state index is 13.4. The van der Waals surface area contributed by atoms with Crippen molar-refractivity contribution in [3.05, 3.63) is 69.3 Å². The van der Waals surface area contributed by atoms with Crippen LogP contribution in [0.25, 0.3) is 0 Å². The Balaban J connectivity index is 2.02. The second-order valence-corrected chi connectivity index (χ2v) is 8.56. The molecule has 0 radical (unpaired) electrons. The fourth-order valence-corrected chi connectivity index (χ4v) is 4.36. The highest BCUT2D eigenvalue weighted by Crippen LogP contribution is 2.46. The summed E-state index contributed by atoms with van der Waals surface area (Å²) in [6.07, 6.45) is 2.02. The highest BCUT2D eigenvalue weighted by Gasteiger charge is 2.40. The van der Waals surface area contributed by atoms with E-state index in [0.717, 1.165) is 35.5 Å². The van der Waals surface area contributed by atoms with E-state index in [-0.39, 0.29) is 17.6 Å². The maximum atomic E-state index is 13.4. The zero-order valence-corrected chi connectivity index (χ0v) is 17.8. The molecule has 0 saturated heterocycles. The number of nitrogens with one attached hydrogen (secondary N) is 1. The molecule has 4 rings (SSSR count). The third-order valence-corrected chi connectivity index (χ3v) is 6.17. The molecule has 0 saturated carbocycles. The van der Waals surface area contributed by atoms with E-state index in [4.69, 9.17) is 23.2 Å². The number of carbonyl (C=O) groups excluding carboxylic acids is 2. The molecular weight excluding hydrogens is 407 g/mol. The molecule has 29 heavy (non-hydrogen) atoms. The molecule has 0 fully saturated rings. The largest absolute Gasteiger partial charge is 0.357 e. The van der Waals surface area contributed by atoms with Crippen LogP contribution in [0.2, 0.25) is 10.0 Å². The van der Waals surface area contributed by atoms with Crippen molar-refractivity contribution in [1.29, 1.82) is 0 Å². The Bertz CT molecular complexity index is 1030. The van der Waals surface area contributed by atoms with Crippen LogP contribution in [0.4, 0.5) is 11.4 Å². The first-order chi connectivity index (χ1) is 13.9. The van der Waals surface area contributed by atoms with Crippen LogP contribution < -0.4 is 10.2 Å². The topological polar surface area (TPSA) is 49.4 Å². The average Bonchev–Trinajstić information content (AvgIpc) is 2.84. The predicted molar refractivity (Wildman–Crippen MR) is 117 cm³/mol. The van der Waals surface area contributed by atoms with Gasteiger partial charge in [0.1, 0.15) is 0 Å². The first-order valence-electron chi connectivity index (χ1n) is 9.78. The van der Waals surface area contributed by atoms with E-state index in [9.17, 15) is 9.59 Å². The maximum Gasteiger partial charge on any atom is 0.230 e. The van der Waals surface area contributed by atoms with Gasteiger partial charge in [-0.1, -0.05) is 55.2 Å². The molecule has 2 aliphatic rings. The fourth-order valence-electron chi connectivity index (χ4n) is 4.05. The van der Waals surface area contributed by atoms with Crippen LogP contribution >= 0.6 is 23.2 Å². The van der Waals surface area contributed by atoms with Crippen molar-refractivity contribution in [3.63, 3.8) is 0 Å². The van der Waals surface area contributed by atoms with Gasteiger partial charge in [-0.25, -0.2) is 0 Å². The molecule has 6 heteroatoms. The standard InChI is InChI=1S/C23H22Cl2N2O2/c1-13(2)23(29)27-19-8-4-3-6-17(19)26-18-7-5-9-20(28)21(18)22(27)14-10-11-15(24)16(25)12-14/h3-4,6,8,10-13,22,26H,5,7,9H2,1-2H3/t22-/m0/s1. The van der Waals surface area contributed by atoms with Gasteiger partial charge >= 0.3 is 0 Å². The van der Waals surface area contributed by atoms with Crippen LogP contribution in [0.15, 0.2) is 53.7 Å². The van der Waals surface area contributed by atoms with Gasteiger partial charge < -0.3 is 5.32 Å². The molecule has 0 spiro atoms. The number of amides is 1. The highest BCUT2D eigenvalue weighted by molar-refractivity contribution is 6.42. The first-order valence-corrected chi connectivity index (χ1v) is 10.5. The number of para-hydroxylation sites is 2. The summed E-state index contributed by atoms with van der Waals surface area (Å²) in [5.74, 6) is -0.235. The molecular formula is C23H22Cl2N2O2. The molecule has 1 heterocycles. The Hall–Kier alpha value is -2.30. The molecule has 0 bridgehead atoms. The molecule has 2 aromatic carbocycles. The first kappa shape index (κ1) is 20.0. The lowest BCUT2D eigenvalue weighted by Crippen LogP contribution is -2.40. The average molecular weight is 429 g/mol. The second kappa shape index (κ2) is 7.85. The normalized spacial score (nSPS) is 18.9. The lowest BCUT2D eigenvalue weighted by molar-refractivity contribution is -0.121. The van der Waals surface area contributed by atoms with E-state index in [2.05, 4.69) is 5.32 Å². The van der Waals surface area contributed by atoms with E-state index < -0.39 is 6.04 Å². The number of benzene rings is 2. The summed E-state index contributed by atoms with van der Waals surface area (Å²) in [6, 6.07) is 12.4. The third kappa shape index (κ3) is 3.56. The highest BCUT2D eigenvalue weighted by atomic mass is 35.5. The summed E-state index contributed by atoms with van der Waals surface area (Å²) in [5, 5.41) is 4.29. The van der Waals surface area contributed by atoms with E-state index in [1.54, 1.807) is 17.0 Å². The van der Waals surface area contributed by atoms with Gasteiger partial charge in [-0.2, -0.15) is 0 Å². The molecule has 1 N–H and O–H groups in total. The van der Waals surface area contributed by atoms with Crippen molar-refractivity contribution in [2.45, 2.75) is 39.2 Å². The molecule has 0 aromatic heterocycles. The Morgan fingerprint density at radius 2 is 1.86 bits per heavy atom. The molecule has 1 aliphatic heterocycles. The number of rotatable bonds is 2. The van der Waals surface area contributed by atoms with Gasteiger partial charge in [0.25, 0.3) is 0 Å². The number of carbonyl (C=O) groups is 2. The Labute approximate surface area is 180 Å². The SMILES string of the molecule is CC(C)C(=O)N1c2ccccc2NC2=C(C(=O)CCC2)[C@@H]1c1ccc(Cl)c(Cl)c1. The van der Waals surface area contributed by atoms with Crippen LogP contribution in [0.5, 0.6) is 0 Å². The molecule has 1 amide bonds. The number of hydrogen-bond donors (Lipinski definition) is 1. The molecule has 150 valence electrons. The van der Waals surface area contributed by atoms with Crippen molar-refractivity contribution in [2.24, 2.45) is 5.92 Å². The Kier molecular flexibility index (Phi) is 5.41. The van der Waals surface area contributed by atoms with Crippen molar-refractivity contribution >= 4 is 46.3 Å². The smallest absolute Gasteiger partial charge is 0.230 e. The summed E-state index contributed by atoms with van der Waals surface area (Å²) < 4.78 is 0. The van der Waals surface area contributed by atoms with E-state index in [1.165, 1.54) is 0 Å². The van der Waals surface area contributed by atoms with E-state index in [1.807, 2.05) is 44.2 Å². The fraction of sp³-hybridized carbons (Fsp3) is 0.304. The van der Waals surface area contributed by atoms with Crippen LogP contribution in [0, 0.1) is 5.92 Å². The van der Waals surface area contributed by atoms with Crippen LogP contribution in [0.1, 0.15) is 44.7 Å². The minimum atomic E-state index is -0.557. The van der Waals surface area contributed by atoms with Gasteiger partial charge in [-0.05, 0) is 42.7 Å². The van der Waals surface area contributed by atoms with Crippen LogP contribution in [-0.2, 0) is 9.59 Å². The lowest BCUT2D eigenvalue weighted by Gasteiger charge is -2.35. The van der Waals surface area contributed by atoms with Gasteiger partial charge in [0.2, 0.25) is 5.91 Å². The van der Waals surface area contributed by atoms with Gasteiger partial charge in [0.15, 0.2) is 5.78 Å². The molecule has 4 nitrogen and oxygen atoms in total. The summed E-state index contributed by atoms with van der Waals surface area (Å²) in [5.41, 5.74) is 3.87. The molecule has 1 aliphatic carbocycles. The van der Waals surface area contributed by atoms with Crippen LogP contribution in [0.3, 0.4) is 0 Å². The van der Waals surface area contributed by atoms with Crippen LogP contribution in [-0.4, -0.2) is 11.7 Å². The van der Waals surface area contributed by atoms with E-state index >= 15 is 0 Å². The monoisotopic (exact) mass is 428 g/mol. The number of hydrogen-bond acceptors (Lipinski definition) is 3. The summed E-state index contributed by atoms with van der Waals surface area (Å²) >= 11 is 12.5. The number of fused-ring (bicyclic) bond motifs is 1. The summed E-state index contributed by atoms with van der Waals surface area (Å²) in [6.45, 7) is 3.74. The van der Waals surface area contributed by atoms with Crippen molar-refractivity contribution < 1.29 is 9.59 Å². The quantitative estimate of drug-likeness (QED) is 0.623. The zero-order chi connectivity index (χ0) is 20.7. The molecule has 1 atom stereocenters. The Morgan fingerprint density at radius 1 is 1.10 bits per heavy atom. The predicted octanol–water partition coefficient (Wildman–Crippen LogP) is 6.16. The van der Waals surface area contributed by atoms with Gasteiger partial charge in [0.05, 0.1) is 27.5 Å². The lowest BCUT2D eigenvalue weighted by atomic mass is 9.85. The number of allylic oxidation sites excluding steroid dienone is 1. The summed E-state index contributed by atoms with van der Waals surface area (Å²) in [4.78, 5) is 28.3. The van der Waals surface area contributed by atoms with Crippen molar-refractivity contribution in [1.82, 2.24) is 0 Å². The number of Topliss-reactive ketones (excluding diaryl/α,β-unsaturated/α-hetero) is 1. The number of halogens is 2. The van der Waals surface area contributed by atoms with Gasteiger partial charge in [0, 0.05) is 23.6 Å². The number of anilines is 2. The van der Waals surface area contributed by atoms with Gasteiger partial charge in [-0.15, -0.1) is 0 Å². The summed E-state index contributed by atoms with van der Waals surface area (Å²) in [7, 11) is 0. The van der Waals surface area contributed by atoms with Crippen molar-refractivity contribution in [3.8, 4) is 0 Å². The molecule has 0 unspecified atom stereocenters. The zero-order valence-electron chi connectivity index (χ0n) is 16.3. The minimum absolute atomic E-state index is 0.0533. The number of nitrogens with zero attached hydrogens (tertiary/aromatic N) is 1. The van der Waals surface area contributed by atoms with E-state index in [0.29, 0.717) is 22.0 Å². The second-order valence-electron chi connectivity index (χ2n) is 7.75. The van der Waals surface area contributed by atoms with Gasteiger partial charge in [-0.3, -0.25) is 14.5 Å². The third-order valence-electron chi connectivity index (χ3n) is 5.43. The molecule has 2 aromatic rings.